The molecule has 0 N–H and O–H groups in total. The quantitative estimate of drug-likeness (QED) is 0.798. The molecular weight excluding hydrogens is 260 g/mol. The minimum absolute atomic E-state index is 0.285. The van der Waals surface area contributed by atoms with E-state index in [-0.39, 0.29) is 5.97 Å². The van der Waals surface area contributed by atoms with E-state index < -0.39 is 0 Å². The summed E-state index contributed by atoms with van der Waals surface area (Å²) in [6.45, 7) is 4.18. The van der Waals surface area contributed by atoms with Gasteiger partial charge >= 0.3 is 5.97 Å². The monoisotopic (exact) mass is 282 g/mol. The highest BCUT2D eigenvalue weighted by Crippen LogP contribution is 2.32. The summed E-state index contributed by atoms with van der Waals surface area (Å²) in [5.74, 6) is 0.556. The molecule has 4 nitrogen and oxygen atoms in total. The molecule has 1 saturated carbocycles. The predicted molar refractivity (Wildman–Crippen MR) is 78.0 cm³/mol. The average Bonchev–Trinajstić information content (AvgIpc) is 2.80. The number of rotatable bonds is 3. The summed E-state index contributed by atoms with van der Waals surface area (Å²) >= 11 is 1.44. The van der Waals surface area contributed by atoms with Crippen LogP contribution in [-0.2, 0) is 4.74 Å². The van der Waals surface area contributed by atoms with E-state index in [0.29, 0.717) is 10.9 Å². The summed E-state index contributed by atoms with van der Waals surface area (Å²) in [6.07, 6.45) is 4.99. The van der Waals surface area contributed by atoms with E-state index >= 15 is 0 Å². The van der Waals surface area contributed by atoms with Gasteiger partial charge in [0, 0.05) is 13.1 Å². The molecule has 0 aliphatic heterocycles. The van der Waals surface area contributed by atoms with Gasteiger partial charge in [-0.1, -0.05) is 18.3 Å². The first-order valence-corrected chi connectivity index (χ1v) is 7.63. The van der Waals surface area contributed by atoms with Crippen molar-refractivity contribution in [3.63, 3.8) is 0 Å². The van der Waals surface area contributed by atoms with Crippen LogP contribution in [0.5, 0.6) is 0 Å². The predicted octanol–water partition coefficient (Wildman–Crippen LogP) is 3.25. The molecular formula is C14H22N2O2S. The summed E-state index contributed by atoms with van der Waals surface area (Å²) in [4.78, 5) is 19.0. The van der Waals surface area contributed by atoms with Gasteiger partial charge in [-0.25, -0.2) is 9.78 Å². The Balaban J connectivity index is 2.11. The van der Waals surface area contributed by atoms with Crippen molar-refractivity contribution in [2.75, 3.05) is 19.1 Å². The molecule has 5 heteroatoms. The zero-order chi connectivity index (χ0) is 14.0. The Morgan fingerprint density at radius 3 is 2.58 bits per heavy atom. The Bertz CT molecular complexity index is 450. The van der Waals surface area contributed by atoms with Crippen LogP contribution in [0.2, 0.25) is 0 Å². The van der Waals surface area contributed by atoms with Gasteiger partial charge in [0.2, 0.25) is 0 Å². The zero-order valence-electron chi connectivity index (χ0n) is 12.1. The van der Waals surface area contributed by atoms with Gasteiger partial charge < -0.3 is 9.64 Å². The fourth-order valence-electron chi connectivity index (χ4n) is 2.60. The molecule has 1 aromatic heterocycles. The van der Waals surface area contributed by atoms with Crippen LogP contribution in [0.4, 0.5) is 5.13 Å². The Morgan fingerprint density at radius 2 is 2.00 bits per heavy atom. The lowest BCUT2D eigenvalue weighted by atomic mass is 9.87. The van der Waals surface area contributed by atoms with Crippen LogP contribution in [0, 0.1) is 12.8 Å². The smallest absolute Gasteiger partial charge is 0.350 e. The van der Waals surface area contributed by atoms with Crippen LogP contribution < -0.4 is 4.90 Å². The molecule has 106 valence electrons. The standard InChI is InChI=1S/C14H22N2O2S/c1-9-5-7-11(8-6-9)16(3)14-15-10(2)12(19-14)13(17)18-4/h9,11H,5-8H2,1-4H3. The molecule has 0 unspecified atom stereocenters. The van der Waals surface area contributed by atoms with Crippen molar-refractivity contribution in [1.82, 2.24) is 4.98 Å². The maximum Gasteiger partial charge on any atom is 0.350 e. The van der Waals surface area contributed by atoms with Crippen molar-refractivity contribution >= 4 is 22.4 Å². The van der Waals surface area contributed by atoms with Crippen LogP contribution in [-0.4, -0.2) is 31.2 Å². The minimum Gasteiger partial charge on any atom is -0.465 e. The third-order valence-electron chi connectivity index (χ3n) is 3.99. The maximum atomic E-state index is 11.6. The highest BCUT2D eigenvalue weighted by atomic mass is 32.1. The van der Waals surface area contributed by atoms with Crippen LogP contribution in [0.1, 0.15) is 48.0 Å². The van der Waals surface area contributed by atoms with Crippen LogP contribution in [0.25, 0.3) is 0 Å². The minimum atomic E-state index is -0.285. The second-order valence-corrected chi connectivity index (χ2v) is 6.40. The number of thiazole rings is 1. The SMILES string of the molecule is COC(=O)c1sc(N(C)C2CCC(C)CC2)nc1C. The van der Waals surface area contributed by atoms with Gasteiger partial charge in [0.15, 0.2) is 5.13 Å². The second-order valence-electron chi connectivity index (χ2n) is 5.43. The average molecular weight is 282 g/mol. The first-order valence-electron chi connectivity index (χ1n) is 6.81. The lowest BCUT2D eigenvalue weighted by Crippen LogP contribution is -2.34. The van der Waals surface area contributed by atoms with E-state index in [1.165, 1.54) is 44.1 Å². The van der Waals surface area contributed by atoms with Crippen molar-refractivity contribution in [2.24, 2.45) is 5.92 Å². The van der Waals surface area contributed by atoms with Gasteiger partial charge in [-0.2, -0.15) is 0 Å². The number of esters is 1. The van der Waals surface area contributed by atoms with Crippen molar-refractivity contribution in [3.8, 4) is 0 Å². The van der Waals surface area contributed by atoms with Crippen LogP contribution in [0.3, 0.4) is 0 Å². The zero-order valence-corrected chi connectivity index (χ0v) is 12.9. The van der Waals surface area contributed by atoms with Gasteiger partial charge in [-0.05, 0) is 38.5 Å². The topological polar surface area (TPSA) is 42.4 Å². The molecule has 0 aromatic carbocycles. The Labute approximate surface area is 118 Å². The lowest BCUT2D eigenvalue weighted by Gasteiger charge is -2.33. The highest BCUT2D eigenvalue weighted by Gasteiger charge is 2.25. The first-order chi connectivity index (χ1) is 9.02. The van der Waals surface area contributed by atoms with Crippen LogP contribution in [0.15, 0.2) is 0 Å². The Morgan fingerprint density at radius 1 is 1.37 bits per heavy atom. The molecule has 1 aromatic rings. The van der Waals surface area contributed by atoms with E-state index in [1.54, 1.807) is 0 Å². The van der Waals surface area contributed by atoms with Gasteiger partial charge in [0.25, 0.3) is 0 Å². The normalized spacial score (nSPS) is 23.2. The number of anilines is 1. The molecule has 19 heavy (non-hydrogen) atoms. The molecule has 0 radical (unpaired) electrons. The number of nitrogens with zero attached hydrogens (tertiary/aromatic N) is 2. The lowest BCUT2D eigenvalue weighted by molar-refractivity contribution is 0.0605. The molecule has 1 aliphatic rings. The largest absolute Gasteiger partial charge is 0.465 e. The van der Waals surface area contributed by atoms with Crippen molar-refractivity contribution in [3.05, 3.63) is 10.6 Å². The van der Waals surface area contributed by atoms with Gasteiger partial charge in [-0.15, -0.1) is 0 Å². The number of carbonyl (C=O) groups is 1. The molecule has 0 saturated heterocycles. The number of hydrogen-bond acceptors (Lipinski definition) is 5. The number of carbonyl (C=O) groups excluding carboxylic acids is 1. The molecule has 0 bridgehead atoms. The van der Waals surface area contributed by atoms with Crippen molar-refractivity contribution < 1.29 is 9.53 Å². The van der Waals surface area contributed by atoms with Gasteiger partial charge in [0.1, 0.15) is 4.88 Å². The van der Waals surface area contributed by atoms with E-state index in [9.17, 15) is 4.79 Å². The number of hydrogen-bond donors (Lipinski definition) is 0. The number of methoxy groups -OCH3 is 1. The molecule has 0 amide bonds. The second kappa shape index (κ2) is 5.90. The van der Waals surface area contributed by atoms with E-state index in [0.717, 1.165) is 16.7 Å². The molecule has 1 aliphatic carbocycles. The summed E-state index contributed by atoms with van der Waals surface area (Å²) in [5, 5.41) is 0.928. The van der Waals surface area contributed by atoms with E-state index in [1.807, 2.05) is 6.92 Å². The number of ether oxygens (including phenoxy) is 1. The fourth-order valence-corrected chi connectivity index (χ4v) is 3.62. The maximum absolute atomic E-state index is 11.6. The molecule has 1 fully saturated rings. The summed E-state index contributed by atoms with van der Waals surface area (Å²) in [6, 6.07) is 0.548. The summed E-state index contributed by atoms with van der Waals surface area (Å²) < 4.78 is 4.78. The van der Waals surface area contributed by atoms with Crippen molar-refractivity contribution in [2.45, 2.75) is 45.6 Å². The summed E-state index contributed by atoms with van der Waals surface area (Å²) in [5.41, 5.74) is 0.767. The molecule has 0 atom stereocenters. The van der Waals surface area contributed by atoms with Crippen LogP contribution >= 0.6 is 11.3 Å². The molecule has 0 spiro atoms. The van der Waals surface area contributed by atoms with Crippen molar-refractivity contribution in [1.29, 1.82) is 0 Å². The summed E-state index contributed by atoms with van der Waals surface area (Å²) in [7, 11) is 3.49. The number of aromatic nitrogens is 1. The Kier molecular flexibility index (Phi) is 4.45. The fraction of sp³-hybridized carbons (Fsp3) is 0.714. The number of aryl methyl sites for hydroxylation is 1. The molecule has 2 rings (SSSR count). The van der Waals surface area contributed by atoms with E-state index in [4.69, 9.17) is 4.74 Å². The first kappa shape index (κ1) is 14.3. The molecule has 1 heterocycles. The third-order valence-corrected chi connectivity index (χ3v) is 5.22. The Hall–Kier alpha value is -1.10. The third kappa shape index (κ3) is 3.08. The van der Waals surface area contributed by atoms with Gasteiger partial charge in [0.05, 0.1) is 12.8 Å². The van der Waals surface area contributed by atoms with E-state index in [2.05, 4.69) is 23.9 Å². The van der Waals surface area contributed by atoms with Gasteiger partial charge in [-0.3, -0.25) is 0 Å². The highest BCUT2D eigenvalue weighted by molar-refractivity contribution is 7.17.